The summed E-state index contributed by atoms with van der Waals surface area (Å²) in [6.45, 7) is 61.1. The number of aryl methyl sites for hydroxylation is 13. The summed E-state index contributed by atoms with van der Waals surface area (Å²) in [6.07, 6.45) is 24.8. The average Bonchev–Trinajstić information content (AvgIpc) is 1.58. The van der Waals surface area contributed by atoms with Crippen LogP contribution in [0.2, 0.25) is 0 Å². The summed E-state index contributed by atoms with van der Waals surface area (Å²) in [4.78, 5) is 75.5. The van der Waals surface area contributed by atoms with E-state index in [1.54, 1.807) is 50.9 Å². The first-order valence-corrected chi connectivity index (χ1v) is 49.4. The minimum Gasteiger partial charge on any atom is -0.472 e. The molecule has 1 aliphatic carbocycles. The Bertz CT molecular complexity index is 5810. The van der Waals surface area contributed by atoms with Crippen LogP contribution in [-0.4, -0.2) is 89.7 Å². The van der Waals surface area contributed by atoms with E-state index >= 15 is 0 Å². The molecule has 19 nitrogen and oxygen atoms in total. The predicted octanol–water partition coefficient (Wildman–Crippen LogP) is 30.0. The van der Waals surface area contributed by atoms with Gasteiger partial charge in [-0.2, -0.15) is 5.10 Å². The van der Waals surface area contributed by atoms with E-state index in [1.165, 1.54) is 168 Å². The van der Waals surface area contributed by atoms with Gasteiger partial charge in [0.2, 0.25) is 5.91 Å². The topological polar surface area (TPSA) is 233 Å². The Morgan fingerprint density at radius 1 is 0.366 bits per heavy atom. The SMILES string of the molecule is CC.CC.CC.CC.CC.CC.CC.CC.CC.CC.CC.CN1CCCC1.Cc1cc2ccccc2cn1.Cc1ccc2[nH]ccc2c1.Cc1ccc2c(c1)CCC(=O)N2.Cc1ccc2c(c1)CCCC2.Cc1ccc2ccccc2n1.Cc1ccc2ncccc2c1.Cc1ccoc1.Cn1cnc2[nH]ncc2c1=O.Cn1cnc2ccccc2c1=O.Cn1cnc2ccsc2c1=O. The van der Waals surface area contributed by atoms with Gasteiger partial charge >= 0.3 is 0 Å². The zero-order valence-corrected chi connectivity index (χ0v) is 88.5. The molecular weight excluding hydrogens is 1680 g/mol. The lowest BCUT2D eigenvalue weighted by Crippen LogP contribution is -2.18. The molecular formula is C114H164N14O5S. The number of furan rings is 1. The summed E-state index contributed by atoms with van der Waals surface area (Å²) in [5, 5.41) is 18.4. The van der Waals surface area contributed by atoms with Gasteiger partial charge in [-0.3, -0.25) is 39.2 Å². The highest BCUT2D eigenvalue weighted by Crippen LogP contribution is 2.25. The molecule has 20 rings (SSSR count). The van der Waals surface area contributed by atoms with E-state index in [2.05, 4.69) is 187 Å². The second kappa shape index (κ2) is 75.8. The van der Waals surface area contributed by atoms with Crippen molar-refractivity contribution < 1.29 is 9.21 Å². The van der Waals surface area contributed by atoms with Gasteiger partial charge in [-0.25, -0.2) is 15.0 Å². The normalized spacial score (nSPS) is 10.7. The van der Waals surface area contributed by atoms with Crippen LogP contribution in [0.4, 0.5) is 5.69 Å². The van der Waals surface area contributed by atoms with Crippen molar-refractivity contribution >= 4 is 98.6 Å². The number of nitrogens with one attached hydrogen (secondary N) is 3. The van der Waals surface area contributed by atoms with E-state index in [9.17, 15) is 19.2 Å². The fourth-order valence-electron chi connectivity index (χ4n) is 12.3. The third-order valence-electron chi connectivity index (χ3n) is 18.5. The highest BCUT2D eigenvalue weighted by molar-refractivity contribution is 7.17. The fraction of sp³-hybridized carbons (Fsp3) is 0.377. The van der Waals surface area contributed by atoms with Gasteiger partial charge in [0.15, 0.2) is 5.65 Å². The number of anilines is 1. The number of carbonyl (C=O) groups is 1. The number of likely N-dealkylation sites (tertiary alicyclic amines) is 1. The summed E-state index contributed by atoms with van der Waals surface area (Å²) in [5.74, 6) is 0.131. The number of nitrogens with zero attached hydrogens (tertiary/aromatic N) is 11. The number of fused-ring (bicyclic) bond motifs is 9. The molecule has 12 heterocycles. The fourth-order valence-corrected chi connectivity index (χ4v) is 13.1. The molecule has 17 aromatic rings. The molecule has 2 aliphatic heterocycles. The third-order valence-corrected chi connectivity index (χ3v) is 19.4. The van der Waals surface area contributed by atoms with E-state index in [4.69, 9.17) is 4.42 Å². The quantitative estimate of drug-likeness (QED) is 0.128. The molecule has 0 radical (unpaired) electrons. The van der Waals surface area contributed by atoms with Crippen LogP contribution in [0.1, 0.15) is 240 Å². The molecule has 1 fully saturated rings. The zero-order chi connectivity index (χ0) is 101. The molecule has 3 aliphatic rings. The maximum atomic E-state index is 11.5. The van der Waals surface area contributed by atoms with Crippen LogP contribution in [0.5, 0.6) is 0 Å². The van der Waals surface area contributed by atoms with Gasteiger partial charge in [-0.05, 0) is 237 Å². The smallest absolute Gasteiger partial charge is 0.271 e. The number of amides is 1. The van der Waals surface area contributed by atoms with Gasteiger partial charge < -0.3 is 33.3 Å². The molecule has 0 bridgehead atoms. The Hall–Kier alpha value is -12.7. The molecule has 3 N–H and O–H groups in total. The number of rotatable bonds is 0. The number of aromatic nitrogens is 12. The van der Waals surface area contributed by atoms with E-state index in [0.29, 0.717) is 22.8 Å². The Labute approximate surface area is 807 Å². The monoisotopic (exact) mass is 1840 g/mol. The summed E-state index contributed by atoms with van der Waals surface area (Å²) in [6, 6.07) is 65.4. The van der Waals surface area contributed by atoms with Crippen molar-refractivity contribution in [2.45, 2.75) is 252 Å². The molecule has 0 atom stereocenters. The molecule has 1 amide bonds. The van der Waals surface area contributed by atoms with Crippen molar-refractivity contribution in [1.29, 1.82) is 0 Å². The number of benzene rings is 7. The number of aromatic amines is 2. The average molecular weight is 1840 g/mol. The van der Waals surface area contributed by atoms with Crippen LogP contribution in [0.15, 0.2) is 275 Å². The first-order valence-electron chi connectivity index (χ1n) is 48.5. The largest absolute Gasteiger partial charge is 0.472 e. The highest BCUT2D eigenvalue weighted by atomic mass is 32.1. The summed E-state index contributed by atoms with van der Waals surface area (Å²) in [5.41, 5.74) is 19.4. The molecule has 20 heteroatoms. The second-order valence-corrected chi connectivity index (χ2v) is 28.8. The number of H-pyrrole nitrogens is 2. The van der Waals surface area contributed by atoms with Crippen molar-refractivity contribution in [3.05, 3.63) is 343 Å². The Morgan fingerprint density at radius 2 is 0.888 bits per heavy atom. The molecule has 1 saturated heterocycles. The minimum atomic E-state index is -0.0799. The third kappa shape index (κ3) is 45.2. The van der Waals surface area contributed by atoms with Gasteiger partial charge in [0.25, 0.3) is 16.7 Å². The Morgan fingerprint density at radius 3 is 1.49 bits per heavy atom. The number of carbonyl (C=O) groups excluding carboxylic acids is 1. The number of para-hydroxylation sites is 2. The lowest BCUT2D eigenvalue weighted by atomic mass is 9.91. The number of pyridine rings is 3. The van der Waals surface area contributed by atoms with Crippen molar-refractivity contribution in [3.63, 3.8) is 0 Å². The number of thiophene rings is 1. The van der Waals surface area contributed by atoms with Gasteiger partial charge in [-0.15, -0.1) is 11.3 Å². The van der Waals surface area contributed by atoms with Gasteiger partial charge in [0.05, 0.1) is 65.2 Å². The van der Waals surface area contributed by atoms with Gasteiger partial charge in [0, 0.05) is 84.9 Å². The van der Waals surface area contributed by atoms with Gasteiger partial charge in [-0.1, -0.05) is 284 Å². The zero-order valence-electron chi connectivity index (χ0n) is 87.7. The minimum absolute atomic E-state index is 0.000556. The first kappa shape index (κ1) is 123. The number of hydrogen-bond acceptors (Lipinski definition) is 14. The van der Waals surface area contributed by atoms with Crippen LogP contribution >= 0.6 is 11.3 Å². The highest BCUT2D eigenvalue weighted by Gasteiger charge is 2.14. The summed E-state index contributed by atoms with van der Waals surface area (Å²) < 4.78 is 9.82. The summed E-state index contributed by atoms with van der Waals surface area (Å²) >= 11 is 1.43. The molecule has 726 valence electrons. The lowest BCUT2D eigenvalue weighted by molar-refractivity contribution is -0.116. The van der Waals surface area contributed by atoms with Gasteiger partial charge in [0.1, 0.15) is 10.1 Å². The van der Waals surface area contributed by atoms with E-state index in [0.717, 1.165) is 50.3 Å². The van der Waals surface area contributed by atoms with Crippen LogP contribution in [0, 0.1) is 48.5 Å². The van der Waals surface area contributed by atoms with Crippen molar-refractivity contribution in [2.75, 3.05) is 25.5 Å². The first-order chi connectivity index (χ1) is 65.2. The van der Waals surface area contributed by atoms with Crippen molar-refractivity contribution in [3.8, 4) is 0 Å². The van der Waals surface area contributed by atoms with E-state index in [-0.39, 0.29) is 22.6 Å². The maximum absolute atomic E-state index is 11.5. The molecule has 134 heavy (non-hydrogen) atoms. The lowest BCUT2D eigenvalue weighted by Gasteiger charge is -2.16. The Balaban J connectivity index is 0. The standard InChI is InChI=1S/C11H14.C10H11NO.3C10H9N.C9H8N2O.C9H9N.C7H6N2OS.C6H6N4O.C5H11N.C5H6O.11C2H6/c1-9-6-7-10-4-2-3-5-11(10)8-9;1-7-2-4-9-8(6-7)3-5-10(12)11-9;1-8-4-5-10-9(7-8)3-2-6-11-10;1-8-6-9-4-2-3-5-10(9)7-11-8;1-8-6-7-9-4-2-3-5-10(9)11-8;1-11-6-10-8-5-3-2-4-7(8)9(11)12;1-7-2-3-9-8(6-7)4-5-10-9;1-9-4-8-5-2-3-11-6(5)7(9)10;1-10-3-7-5-4(6(10)11)2-8-9-5;1-6-4-2-3-5-6;1-5-2-3-6-4-5;11*1-2/h6-8H,2-5H2,1H3;2,4,6H,3,5H2,1H3,(H,11,12);3*2-7H,1H3;2-6H,1H3;2-6,10H,1H3;2-4H,1H3;2-3H,1H3,(H,8,9);2-5H2,1H3;2-4H,1H3;11*1-2H3. The second-order valence-electron chi connectivity index (χ2n) is 27.9. The predicted molar refractivity (Wildman–Crippen MR) is 584 cm³/mol. The maximum Gasteiger partial charge on any atom is 0.271 e. The van der Waals surface area contributed by atoms with Crippen molar-refractivity contribution in [1.82, 2.24) is 63.7 Å². The van der Waals surface area contributed by atoms with Crippen LogP contribution in [0.25, 0.3) is 75.6 Å². The van der Waals surface area contributed by atoms with Crippen LogP contribution < -0.4 is 22.0 Å². The Kier molecular flexibility index (Phi) is 69.8. The molecule has 7 aromatic carbocycles. The number of hydrogen-bond donors (Lipinski definition) is 3. The molecule has 10 aromatic heterocycles. The van der Waals surface area contributed by atoms with Crippen LogP contribution in [0.3, 0.4) is 0 Å². The molecule has 0 unspecified atom stereocenters. The molecule has 0 saturated carbocycles. The van der Waals surface area contributed by atoms with E-state index < -0.39 is 0 Å². The van der Waals surface area contributed by atoms with E-state index in [1.807, 2.05) is 288 Å². The summed E-state index contributed by atoms with van der Waals surface area (Å²) in [7, 11) is 7.23. The van der Waals surface area contributed by atoms with Crippen LogP contribution in [-0.2, 0) is 45.2 Å². The van der Waals surface area contributed by atoms with Crippen molar-refractivity contribution in [2.24, 2.45) is 21.1 Å². The molecule has 0 spiro atoms.